The largest absolute Gasteiger partial charge is 0.437 e. The third-order valence-corrected chi connectivity index (χ3v) is 5.19. The van der Waals surface area contributed by atoms with Crippen molar-refractivity contribution in [3.63, 3.8) is 0 Å². The van der Waals surface area contributed by atoms with Gasteiger partial charge in [0.1, 0.15) is 0 Å². The van der Waals surface area contributed by atoms with E-state index in [9.17, 15) is 0 Å². The van der Waals surface area contributed by atoms with Gasteiger partial charge in [0.2, 0.25) is 5.88 Å². The first kappa shape index (κ1) is 18.1. The Bertz CT molecular complexity index is 1100. The molecule has 0 radical (unpaired) electrons. The first-order chi connectivity index (χ1) is 14.9. The summed E-state index contributed by atoms with van der Waals surface area (Å²) in [5.74, 6) is 0.514. The van der Waals surface area contributed by atoms with Crippen LogP contribution in [-0.4, -0.2) is 0 Å². The summed E-state index contributed by atoms with van der Waals surface area (Å²) >= 11 is 0. The second-order valence-electron chi connectivity index (χ2n) is 7.09. The van der Waals surface area contributed by atoms with Crippen LogP contribution in [0.25, 0.3) is 5.57 Å². The van der Waals surface area contributed by atoms with Crippen LogP contribution in [0.5, 0.6) is 0 Å². The lowest BCUT2D eigenvalue weighted by molar-refractivity contribution is 0.0717. The van der Waals surface area contributed by atoms with Crippen LogP contribution in [0, 0.1) is 0 Å². The molecular weight excluding hydrogens is 368 g/mol. The maximum absolute atomic E-state index is 6.64. The molecule has 0 atom stereocenters. The summed E-state index contributed by atoms with van der Waals surface area (Å²) in [6, 6.07) is 40.4. The first-order valence-electron chi connectivity index (χ1n) is 9.95. The molecule has 0 bridgehead atoms. The van der Waals surface area contributed by atoms with Crippen molar-refractivity contribution in [2.45, 2.75) is 5.72 Å². The molecule has 4 aromatic carbocycles. The smallest absolute Gasteiger partial charge is 0.273 e. The van der Waals surface area contributed by atoms with E-state index in [0.717, 1.165) is 27.8 Å². The van der Waals surface area contributed by atoms with Crippen LogP contribution in [0.1, 0.15) is 22.3 Å². The van der Waals surface area contributed by atoms with Crippen LogP contribution >= 0.6 is 0 Å². The lowest BCUT2D eigenvalue weighted by atomic mass is 9.94. The van der Waals surface area contributed by atoms with Gasteiger partial charge in [0.25, 0.3) is 5.72 Å². The highest BCUT2D eigenvalue weighted by Crippen LogP contribution is 2.45. The molecule has 3 heteroatoms. The Morgan fingerprint density at radius 3 is 1.37 bits per heavy atom. The predicted octanol–water partition coefficient (Wildman–Crippen LogP) is 6.79. The standard InChI is InChI=1S/C27H20N2O/c1-5-13-21(14-6-1)25(22-15-7-2-8-16-22)26-28-29-27(30-26,23-17-9-3-10-18-23)24-19-11-4-12-20-24/h1-20H. The van der Waals surface area contributed by atoms with Gasteiger partial charge in [-0.25, -0.2) is 0 Å². The van der Waals surface area contributed by atoms with Crippen LogP contribution in [0.3, 0.4) is 0 Å². The normalized spacial score (nSPS) is 14.3. The highest BCUT2D eigenvalue weighted by Gasteiger charge is 2.42. The minimum Gasteiger partial charge on any atom is -0.437 e. The Labute approximate surface area is 176 Å². The minimum absolute atomic E-state index is 0.514. The number of hydrogen-bond acceptors (Lipinski definition) is 3. The van der Waals surface area contributed by atoms with Crippen molar-refractivity contribution in [1.82, 2.24) is 0 Å². The molecule has 1 aliphatic heterocycles. The number of hydrogen-bond donors (Lipinski definition) is 0. The third kappa shape index (κ3) is 3.20. The summed E-state index contributed by atoms with van der Waals surface area (Å²) in [6.45, 7) is 0. The Hall–Kier alpha value is -3.98. The summed E-state index contributed by atoms with van der Waals surface area (Å²) in [7, 11) is 0. The lowest BCUT2D eigenvalue weighted by Crippen LogP contribution is -2.25. The van der Waals surface area contributed by atoms with E-state index in [1.165, 1.54) is 0 Å². The van der Waals surface area contributed by atoms with Crippen LogP contribution in [-0.2, 0) is 10.5 Å². The molecule has 0 spiro atoms. The van der Waals surface area contributed by atoms with Crippen molar-refractivity contribution in [2.24, 2.45) is 10.2 Å². The fourth-order valence-corrected chi connectivity index (χ4v) is 3.75. The highest BCUT2D eigenvalue weighted by molar-refractivity contribution is 5.81. The van der Waals surface area contributed by atoms with Crippen LogP contribution in [0.4, 0.5) is 0 Å². The topological polar surface area (TPSA) is 34.0 Å². The minimum atomic E-state index is -1.01. The zero-order chi connectivity index (χ0) is 20.2. The van der Waals surface area contributed by atoms with Crippen molar-refractivity contribution < 1.29 is 4.74 Å². The number of rotatable bonds is 4. The molecule has 5 rings (SSSR count). The molecule has 0 fully saturated rings. The summed E-state index contributed by atoms with van der Waals surface area (Å²) in [5.41, 5.74) is 3.87. The van der Waals surface area contributed by atoms with E-state index in [2.05, 4.69) is 29.4 Å². The van der Waals surface area contributed by atoms with Gasteiger partial charge < -0.3 is 4.74 Å². The van der Waals surface area contributed by atoms with Gasteiger partial charge in [0.15, 0.2) is 0 Å². The SMILES string of the molecule is c1ccc(C(=C2N=NC(c3ccccc3)(c3ccccc3)O2)c2ccccc2)cc1. The zero-order valence-electron chi connectivity index (χ0n) is 16.3. The second-order valence-corrected chi connectivity index (χ2v) is 7.09. The van der Waals surface area contributed by atoms with Crippen molar-refractivity contribution in [1.29, 1.82) is 0 Å². The van der Waals surface area contributed by atoms with E-state index in [0.29, 0.717) is 5.88 Å². The average molecular weight is 388 g/mol. The molecule has 0 saturated carbocycles. The molecule has 1 heterocycles. The van der Waals surface area contributed by atoms with E-state index in [-0.39, 0.29) is 0 Å². The van der Waals surface area contributed by atoms with Crippen LogP contribution < -0.4 is 0 Å². The monoisotopic (exact) mass is 388 g/mol. The highest BCUT2D eigenvalue weighted by atomic mass is 16.5. The van der Waals surface area contributed by atoms with Gasteiger partial charge in [-0.1, -0.05) is 121 Å². The fraction of sp³-hybridized carbons (Fsp3) is 0.0370. The number of ether oxygens (including phenoxy) is 1. The van der Waals surface area contributed by atoms with Crippen LogP contribution in [0.2, 0.25) is 0 Å². The Balaban J connectivity index is 1.71. The van der Waals surface area contributed by atoms with Crippen LogP contribution in [0.15, 0.2) is 137 Å². The number of benzene rings is 4. The van der Waals surface area contributed by atoms with Gasteiger partial charge >= 0.3 is 0 Å². The van der Waals surface area contributed by atoms with E-state index in [4.69, 9.17) is 9.85 Å². The molecule has 0 aliphatic carbocycles. The number of nitrogens with zero attached hydrogens (tertiary/aromatic N) is 2. The van der Waals surface area contributed by atoms with Crippen molar-refractivity contribution >= 4 is 5.57 Å². The molecule has 0 amide bonds. The molecule has 1 aliphatic rings. The fourth-order valence-electron chi connectivity index (χ4n) is 3.75. The molecule has 0 N–H and O–H groups in total. The van der Waals surface area contributed by atoms with Crippen molar-refractivity contribution in [2.75, 3.05) is 0 Å². The molecule has 3 nitrogen and oxygen atoms in total. The van der Waals surface area contributed by atoms with Gasteiger partial charge in [0.05, 0.1) is 5.57 Å². The van der Waals surface area contributed by atoms with E-state index in [1.54, 1.807) is 0 Å². The molecule has 0 saturated heterocycles. The van der Waals surface area contributed by atoms with E-state index < -0.39 is 5.72 Å². The molecule has 144 valence electrons. The van der Waals surface area contributed by atoms with Gasteiger partial charge in [-0.15, -0.1) is 10.2 Å². The molecule has 4 aromatic rings. The molecule has 0 aromatic heterocycles. The maximum atomic E-state index is 6.64. The van der Waals surface area contributed by atoms with Crippen molar-refractivity contribution in [3.05, 3.63) is 149 Å². The summed E-state index contributed by atoms with van der Waals surface area (Å²) in [4.78, 5) is 0. The third-order valence-electron chi connectivity index (χ3n) is 5.19. The van der Waals surface area contributed by atoms with Crippen molar-refractivity contribution in [3.8, 4) is 0 Å². The van der Waals surface area contributed by atoms with Gasteiger partial charge in [-0.2, -0.15) is 0 Å². The van der Waals surface area contributed by atoms with Gasteiger partial charge in [-0.3, -0.25) is 0 Å². The van der Waals surface area contributed by atoms with E-state index in [1.807, 2.05) is 97.1 Å². The molecule has 0 unspecified atom stereocenters. The lowest BCUT2D eigenvalue weighted by Gasteiger charge is -2.26. The molecule has 30 heavy (non-hydrogen) atoms. The Kier molecular flexibility index (Phi) is 4.70. The first-order valence-corrected chi connectivity index (χ1v) is 9.95. The summed E-state index contributed by atoms with van der Waals surface area (Å²) in [5, 5.41) is 9.28. The van der Waals surface area contributed by atoms with E-state index >= 15 is 0 Å². The molecular formula is C27H20N2O. The maximum Gasteiger partial charge on any atom is 0.273 e. The summed E-state index contributed by atoms with van der Waals surface area (Å²) < 4.78 is 6.64. The predicted molar refractivity (Wildman–Crippen MR) is 119 cm³/mol. The summed E-state index contributed by atoms with van der Waals surface area (Å²) in [6.07, 6.45) is 0. The quantitative estimate of drug-likeness (QED) is 0.379. The number of azo groups is 1. The Morgan fingerprint density at radius 2 is 0.933 bits per heavy atom. The second kappa shape index (κ2) is 7.80. The van der Waals surface area contributed by atoms with Gasteiger partial charge in [-0.05, 0) is 11.1 Å². The van der Waals surface area contributed by atoms with Gasteiger partial charge in [0, 0.05) is 11.1 Å². The zero-order valence-corrected chi connectivity index (χ0v) is 16.3. The average Bonchev–Trinajstić information content (AvgIpc) is 3.28. The Morgan fingerprint density at radius 1 is 0.533 bits per heavy atom.